The van der Waals surface area contributed by atoms with Gasteiger partial charge in [-0.3, -0.25) is 9.69 Å². The van der Waals surface area contributed by atoms with Crippen molar-refractivity contribution in [1.29, 1.82) is 0 Å². The molecule has 1 aromatic carbocycles. The minimum atomic E-state index is -0.104. The lowest BCUT2D eigenvalue weighted by atomic mass is 9.92. The molecule has 0 bridgehead atoms. The Hall–Kier alpha value is -1.91. The maximum Gasteiger partial charge on any atom is 0.244 e. The molecule has 4 heteroatoms. The van der Waals surface area contributed by atoms with Crippen LogP contribution in [-0.4, -0.2) is 41.7 Å². The number of allylic oxidation sites excluding steroid dienone is 3. The van der Waals surface area contributed by atoms with Crippen LogP contribution in [0.2, 0.25) is 0 Å². The van der Waals surface area contributed by atoms with E-state index in [1.54, 1.807) is 6.08 Å². The van der Waals surface area contributed by atoms with Crippen molar-refractivity contribution in [3.63, 3.8) is 0 Å². The number of rotatable bonds is 6. The van der Waals surface area contributed by atoms with Crippen molar-refractivity contribution in [1.82, 2.24) is 10.2 Å². The first kappa shape index (κ1) is 17.4. The molecular formula is C19H26N2O2. The molecule has 1 aromatic rings. The second-order valence-corrected chi connectivity index (χ2v) is 5.95. The van der Waals surface area contributed by atoms with Crippen LogP contribution in [0.25, 0.3) is 0 Å². The number of piperidine rings is 1. The third-order valence-corrected chi connectivity index (χ3v) is 4.20. The number of likely N-dealkylation sites (tertiary alicyclic amines) is 1. The van der Waals surface area contributed by atoms with Crippen molar-refractivity contribution < 1.29 is 9.90 Å². The Labute approximate surface area is 138 Å². The summed E-state index contributed by atoms with van der Waals surface area (Å²) in [6.07, 6.45) is 7.86. The van der Waals surface area contributed by atoms with E-state index in [4.69, 9.17) is 0 Å². The van der Waals surface area contributed by atoms with Crippen molar-refractivity contribution in [3.8, 4) is 0 Å². The van der Waals surface area contributed by atoms with Crippen molar-refractivity contribution >= 4 is 5.91 Å². The SMILES string of the molecule is CC=CC=CC(=O)NC1CN(Cc2ccccc2)CCC1CO. The minimum Gasteiger partial charge on any atom is -0.396 e. The molecule has 1 aliphatic rings. The molecule has 1 heterocycles. The summed E-state index contributed by atoms with van der Waals surface area (Å²) >= 11 is 0. The lowest BCUT2D eigenvalue weighted by Gasteiger charge is -2.38. The van der Waals surface area contributed by atoms with E-state index in [1.807, 2.05) is 37.3 Å². The molecule has 1 fully saturated rings. The topological polar surface area (TPSA) is 52.6 Å². The van der Waals surface area contributed by atoms with Gasteiger partial charge in [-0.25, -0.2) is 0 Å². The zero-order chi connectivity index (χ0) is 16.5. The first-order valence-corrected chi connectivity index (χ1v) is 8.20. The predicted octanol–water partition coefficient (Wildman–Crippen LogP) is 2.12. The second kappa shape index (κ2) is 9.28. The molecule has 1 saturated heterocycles. The largest absolute Gasteiger partial charge is 0.396 e. The number of nitrogens with zero attached hydrogens (tertiary/aromatic N) is 1. The van der Waals surface area contributed by atoms with Gasteiger partial charge in [-0.2, -0.15) is 0 Å². The lowest BCUT2D eigenvalue weighted by Crippen LogP contribution is -2.53. The average Bonchev–Trinajstić information content (AvgIpc) is 2.56. The lowest BCUT2D eigenvalue weighted by molar-refractivity contribution is -0.118. The van der Waals surface area contributed by atoms with Crippen molar-refractivity contribution in [3.05, 3.63) is 60.2 Å². The zero-order valence-electron chi connectivity index (χ0n) is 13.7. The van der Waals surface area contributed by atoms with Gasteiger partial charge in [0.2, 0.25) is 5.91 Å². The van der Waals surface area contributed by atoms with E-state index in [0.717, 1.165) is 26.1 Å². The first-order valence-electron chi connectivity index (χ1n) is 8.20. The molecule has 124 valence electrons. The highest BCUT2D eigenvalue weighted by Crippen LogP contribution is 2.19. The predicted molar refractivity (Wildman–Crippen MR) is 92.8 cm³/mol. The fourth-order valence-corrected chi connectivity index (χ4v) is 2.92. The van der Waals surface area contributed by atoms with E-state index in [1.165, 1.54) is 11.6 Å². The highest BCUT2D eigenvalue weighted by Gasteiger charge is 2.29. The summed E-state index contributed by atoms with van der Waals surface area (Å²) in [5.74, 6) is 0.0224. The molecule has 23 heavy (non-hydrogen) atoms. The van der Waals surface area contributed by atoms with E-state index in [-0.39, 0.29) is 24.5 Å². The number of nitrogens with one attached hydrogen (secondary N) is 1. The van der Waals surface area contributed by atoms with Gasteiger partial charge >= 0.3 is 0 Å². The third-order valence-electron chi connectivity index (χ3n) is 4.20. The standard InChI is InChI=1S/C19H26N2O2/c1-2-3-5-10-19(23)20-18-14-21(12-11-17(18)15-22)13-16-8-6-4-7-9-16/h2-10,17-18,22H,11-15H2,1H3,(H,20,23). The number of carbonyl (C=O) groups excluding carboxylic acids is 1. The summed E-state index contributed by atoms with van der Waals surface area (Å²) < 4.78 is 0. The summed E-state index contributed by atoms with van der Waals surface area (Å²) in [6, 6.07) is 10.3. The van der Waals surface area contributed by atoms with Crippen LogP contribution in [0, 0.1) is 5.92 Å². The van der Waals surface area contributed by atoms with Gasteiger partial charge in [0, 0.05) is 37.7 Å². The number of amides is 1. The Morgan fingerprint density at radius 2 is 2.13 bits per heavy atom. The average molecular weight is 314 g/mol. The molecule has 2 unspecified atom stereocenters. The van der Waals surface area contributed by atoms with Gasteiger partial charge in [0.05, 0.1) is 0 Å². The Morgan fingerprint density at radius 3 is 2.83 bits per heavy atom. The van der Waals surface area contributed by atoms with Gasteiger partial charge in [-0.05, 0) is 25.5 Å². The molecule has 0 spiro atoms. The molecule has 1 aliphatic heterocycles. The normalized spacial score (nSPS) is 22.7. The number of hydrogen-bond donors (Lipinski definition) is 2. The third kappa shape index (κ3) is 5.66. The Kier molecular flexibility index (Phi) is 7.04. The molecular weight excluding hydrogens is 288 g/mol. The van der Waals surface area contributed by atoms with Crippen LogP contribution in [0.3, 0.4) is 0 Å². The van der Waals surface area contributed by atoms with Crippen LogP contribution in [0.1, 0.15) is 18.9 Å². The van der Waals surface area contributed by atoms with Crippen molar-refractivity contribution in [2.75, 3.05) is 19.7 Å². The Balaban J connectivity index is 1.93. The quantitative estimate of drug-likeness (QED) is 0.625. The van der Waals surface area contributed by atoms with Gasteiger partial charge in [0.15, 0.2) is 0 Å². The van der Waals surface area contributed by atoms with Gasteiger partial charge < -0.3 is 10.4 Å². The van der Waals surface area contributed by atoms with Crippen LogP contribution < -0.4 is 5.32 Å². The van der Waals surface area contributed by atoms with E-state index < -0.39 is 0 Å². The van der Waals surface area contributed by atoms with Gasteiger partial charge in [-0.1, -0.05) is 48.6 Å². The monoisotopic (exact) mass is 314 g/mol. The molecule has 2 rings (SSSR count). The fourth-order valence-electron chi connectivity index (χ4n) is 2.92. The van der Waals surface area contributed by atoms with Crippen molar-refractivity contribution in [2.24, 2.45) is 5.92 Å². The number of carbonyl (C=O) groups is 1. The maximum absolute atomic E-state index is 12.0. The zero-order valence-corrected chi connectivity index (χ0v) is 13.7. The second-order valence-electron chi connectivity index (χ2n) is 5.95. The summed E-state index contributed by atoms with van der Waals surface area (Å²) in [5.41, 5.74) is 1.27. The summed E-state index contributed by atoms with van der Waals surface area (Å²) in [4.78, 5) is 14.3. The molecule has 0 saturated carbocycles. The Morgan fingerprint density at radius 1 is 1.35 bits per heavy atom. The summed E-state index contributed by atoms with van der Waals surface area (Å²) in [5, 5.41) is 12.6. The summed E-state index contributed by atoms with van der Waals surface area (Å²) in [7, 11) is 0. The molecule has 1 amide bonds. The number of benzene rings is 1. The molecule has 2 atom stereocenters. The van der Waals surface area contributed by atoms with Crippen molar-refractivity contribution in [2.45, 2.75) is 25.9 Å². The maximum atomic E-state index is 12.0. The molecule has 0 radical (unpaired) electrons. The van der Waals surface area contributed by atoms with Gasteiger partial charge in [-0.15, -0.1) is 0 Å². The van der Waals surface area contributed by atoms with Crippen LogP contribution in [-0.2, 0) is 11.3 Å². The van der Waals surface area contributed by atoms with E-state index >= 15 is 0 Å². The minimum absolute atomic E-state index is 0.0137. The number of aliphatic hydroxyl groups is 1. The van der Waals surface area contributed by atoms with Crippen LogP contribution in [0.15, 0.2) is 54.6 Å². The van der Waals surface area contributed by atoms with Crippen LogP contribution >= 0.6 is 0 Å². The molecule has 4 nitrogen and oxygen atoms in total. The first-order chi connectivity index (χ1) is 11.2. The van der Waals surface area contributed by atoms with E-state index in [2.05, 4.69) is 22.3 Å². The van der Waals surface area contributed by atoms with Crippen LogP contribution in [0.5, 0.6) is 0 Å². The van der Waals surface area contributed by atoms with Gasteiger partial charge in [0.1, 0.15) is 0 Å². The fraction of sp³-hybridized carbons (Fsp3) is 0.421. The summed E-state index contributed by atoms with van der Waals surface area (Å²) in [6.45, 7) is 4.61. The molecule has 2 N–H and O–H groups in total. The highest BCUT2D eigenvalue weighted by molar-refractivity contribution is 5.88. The van der Waals surface area contributed by atoms with Crippen LogP contribution in [0.4, 0.5) is 0 Å². The highest BCUT2D eigenvalue weighted by atomic mass is 16.3. The van der Waals surface area contributed by atoms with E-state index in [9.17, 15) is 9.90 Å². The molecule has 0 aromatic heterocycles. The Bertz CT molecular complexity index is 540. The smallest absolute Gasteiger partial charge is 0.244 e. The number of hydrogen-bond acceptors (Lipinski definition) is 3. The molecule has 0 aliphatic carbocycles. The van der Waals surface area contributed by atoms with E-state index in [0.29, 0.717) is 0 Å². The van der Waals surface area contributed by atoms with Gasteiger partial charge in [0.25, 0.3) is 0 Å². The number of aliphatic hydroxyl groups excluding tert-OH is 1.